The summed E-state index contributed by atoms with van der Waals surface area (Å²) in [4.78, 5) is 11.6. The fourth-order valence-corrected chi connectivity index (χ4v) is 2.23. The Bertz CT molecular complexity index is 285. The molecule has 0 aliphatic heterocycles. The van der Waals surface area contributed by atoms with E-state index in [-0.39, 0.29) is 6.42 Å². The highest BCUT2D eigenvalue weighted by molar-refractivity contribution is 7.09. The Kier molecular flexibility index (Phi) is 5.36. The molecule has 0 aliphatic rings. The van der Waals surface area contributed by atoms with Crippen LogP contribution in [0.5, 0.6) is 0 Å². The summed E-state index contributed by atoms with van der Waals surface area (Å²) in [5, 5.41) is 13.9. The first kappa shape index (κ1) is 12.2. The monoisotopic (exact) mass is 227 g/mol. The molecular formula is C11H17NO2S. The Morgan fingerprint density at radius 1 is 1.67 bits per heavy atom. The lowest BCUT2D eigenvalue weighted by Crippen LogP contribution is -2.28. The highest BCUT2D eigenvalue weighted by atomic mass is 32.1. The second-order valence-corrected chi connectivity index (χ2v) is 4.67. The van der Waals surface area contributed by atoms with Gasteiger partial charge in [-0.25, -0.2) is 0 Å². The number of nitrogens with one attached hydrogen (secondary N) is 1. The number of carbonyl (C=O) groups is 1. The van der Waals surface area contributed by atoms with Gasteiger partial charge in [0.1, 0.15) is 0 Å². The van der Waals surface area contributed by atoms with E-state index in [2.05, 4.69) is 29.8 Å². The lowest BCUT2D eigenvalue weighted by Gasteiger charge is -2.11. The predicted molar refractivity (Wildman–Crippen MR) is 62.4 cm³/mol. The SMILES string of the molecule is CC(Cc1cccs1)NCCCC(=O)O. The number of rotatable bonds is 7. The topological polar surface area (TPSA) is 49.3 Å². The average Bonchev–Trinajstić information content (AvgIpc) is 2.64. The molecule has 0 bridgehead atoms. The summed E-state index contributed by atoms with van der Waals surface area (Å²) in [5.41, 5.74) is 0. The van der Waals surface area contributed by atoms with Crippen LogP contribution in [0.2, 0.25) is 0 Å². The fraction of sp³-hybridized carbons (Fsp3) is 0.545. The molecule has 0 radical (unpaired) electrons. The Morgan fingerprint density at radius 2 is 2.47 bits per heavy atom. The summed E-state index contributed by atoms with van der Waals surface area (Å²) in [5.74, 6) is -0.720. The van der Waals surface area contributed by atoms with Gasteiger partial charge in [0.05, 0.1) is 0 Å². The zero-order chi connectivity index (χ0) is 11.1. The molecule has 1 aromatic rings. The van der Waals surface area contributed by atoms with Gasteiger partial charge in [0.2, 0.25) is 0 Å². The van der Waals surface area contributed by atoms with Crippen molar-refractivity contribution >= 4 is 17.3 Å². The number of thiophene rings is 1. The normalized spacial score (nSPS) is 12.6. The van der Waals surface area contributed by atoms with Crippen LogP contribution in [0.1, 0.15) is 24.6 Å². The lowest BCUT2D eigenvalue weighted by molar-refractivity contribution is -0.137. The zero-order valence-electron chi connectivity index (χ0n) is 8.90. The molecule has 0 aliphatic carbocycles. The highest BCUT2D eigenvalue weighted by Gasteiger charge is 2.03. The second kappa shape index (κ2) is 6.58. The molecule has 0 saturated carbocycles. The summed E-state index contributed by atoms with van der Waals surface area (Å²) in [6.45, 7) is 2.90. The predicted octanol–water partition coefficient (Wildman–Crippen LogP) is 2.13. The van der Waals surface area contributed by atoms with Crippen LogP contribution >= 0.6 is 11.3 Å². The van der Waals surface area contributed by atoms with Crippen molar-refractivity contribution in [3.8, 4) is 0 Å². The van der Waals surface area contributed by atoms with Crippen LogP contribution in [0.4, 0.5) is 0 Å². The molecule has 3 nitrogen and oxygen atoms in total. The van der Waals surface area contributed by atoms with Crippen LogP contribution in [0.15, 0.2) is 17.5 Å². The fourth-order valence-electron chi connectivity index (χ4n) is 1.39. The van der Waals surface area contributed by atoms with E-state index < -0.39 is 5.97 Å². The Hall–Kier alpha value is -0.870. The molecular weight excluding hydrogens is 210 g/mol. The summed E-state index contributed by atoms with van der Waals surface area (Å²) < 4.78 is 0. The first-order valence-electron chi connectivity index (χ1n) is 5.16. The van der Waals surface area contributed by atoms with Crippen molar-refractivity contribution in [2.45, 2.75) is 32.2 Å². The van der Waals surface area contributed by atoms with Gasteiger partial charge in [-0.1, -0.05) is 6.07 Å². The van der Waals surface area contributed by atoms with Gasteiger partial charge in [-0.05, 0) is 37.8 Å². The molecule has 1 atom stereocenters. The van der Waals surface area contributed by atoms with Crippen molar-refractivity contribution in [1.82, 2.24) is 5.32 Å². The first-order valence-corrected chi connectivity index (χ1v) is 6.04. The lowest BCUT2D eigenvalue weighted by atomic mass is 10.2. The highest BCUT2D eigenvalue weighted by Crippen LogP contribution is 2.10. The number of carboxylic acids is 1. The first-order chi connectivity index (χ1) is 7.18. The molecule has 1 aromatic heterocycles. The smallest absolute Gasteiger partial charge is 0.303 e. The van der Waals surface area contributed by atoms with Gasteiger partial charge in [-0.3, -0.25) is 4.79 Å². The van der Waals surface area contributed by atoms with Gasteiger partial charge >= 0.3 is 5.97 Å². The Balaban J connectivity index is 2.08. The Morgan fingerprint density at radius 3 is 3.07 bits per heavy atom. The summed E-state index contributed by atoms with van der Waals surface area (Å²) in [7, 11) is 0. The quantitative estimate of drug-likeness (QED) is 0.702. The second-order valence-electron chi connectivity index (χ2n) is 3.64. The maximum atomic E-state index is 10.3. The van der Waals surface area contributed by atoms with Crippen LogP contribution < -0.4 is 5.32 Å². The van der Waals surface area contributed by atoms with Gasteiger partial charge in [-0.15, -0.1) is 11.3 Å². The molecule has 4 heteroatoms. The van der Waals surface area contributed by atoms with Crippen LogP contribution in [0, 0.1) is 0 Å². The molecule has 1 rings (SSSR count). The largest absolute Gasteiger partial charge is 0.481 e. The molecule has 0 spiro atoms. The molecule has 0 fully saturated rings. The van der Waals surface area contributed by atoms with Crippen molar-refractivity contribution < 1.29 is 9.90 Å². The zero-order valence-corrected chi connectivity index (χ0v) is 9.72. The van der Waals surface area contributed by atoms with Crippen molar-refractivity contribution in [2.24, 2.45) is 0 Å². The van der Waals surface area contributed by atoms with Gasteiger partial charge in [0.15, 0.2) is 0 Å². The van der Waals surface area contributed by atoms with E-state index in [9.17, 15) is 4.79 Å². The van der Waals surface area contributed by atoms with E-state index in [1.54, 1.807) is 11.3 Å². The van der Waals surface area contributed by atoms with Crippen molar-refractivity contribution in [1.29, 1.82) is 0 Å². The number of hydrogen-bond donors (Lipinski definition) is 2. The third-order valence-corrected chi connectivity index (χ3v) is 3.05. The van der Waals surface area contributed by atoms with E-state index in [1.165, 1.54) is 4.88 Å². The van der Waals surface area contributed by atoms with Crippen LogP contribution in [-0.4, -0.2) is 23.7 Å². The van der Waals surface area contributed by atoms with Gasteiger partial charge < -0.3 is 10.4 Å². The van der Waals surface area contributed by atoms with E-state index in [0.29, 0.717) is 12.5 Å². The molecule has 0 saturated heterocycles. The third-order valence-electron chi connectivity index (χ3n) is 2.15. The minimum Gasteiger partial charge on any atom is -0.481 e. The minimum absolute atomic E-state index is 0.249. The van der Waals surface area contributed by atoms with E-state index in [1.807, 2.05) is 0 Å². The number of hydrogen-bond acceptors (Lipinski definition) is 3. The number of aliphatic carboxylic acids is 1. The van der Waals surface area contributed by atoms with E-state index >= 15 is 0 Å². The van der Waals surface area contributed by atoms with Crippen molar-refractivity contribution in [3.63, 3.8) is 0 Å². The van der Waals surface area contributed by atoms with Gasteiger partial charge in [-0.2, -0.15) is 0 Å². The van der Waals surface area contributed by atoms with Crippen LogP contribution in [0.25, 0.3) is 0 Å². The molecule has 2 N–H and O–H groups in total. The van der Waals surface area contributed by atoms with Crippen LogP contribution in [0.3, 0.4) is 0 Å². The standard InChI is InChI=1S/C11H17NO2S/c1-9(8-10-4-3-7-15-10)12-6-2-5-11(13)14/h3-4,7,9,12H,2,5-6,8H2,1H3,(H,13,14). The molecule has 1 heterocycles. The average molecular weight is 227 g/mol. The van der Waals surface area contributed by atoms with E-state index in [0.717, 1.165) is 13.0 Å². The maximum Gasteiger partial charge on any atom is 0.303 e. The minimum atomic E-state index is -0.720. The summed E-state index contributed by atoms with van der Waals surface area (Å²) in [6.07, 6.45) is 1.97. The van der Waals surface area contributed by atoms with Crippen molar-refractivity contribution in [2.75, 3.05) is 6.54 Å². The third kappa shape index (κ3) is 5.54. The molecule has 1 unspecified atom stereocenters. The Labute approximate surface area is 94.1 Å². The summed E-state index contributed by atoms with van der Waals surface area (Å²) in [6, 6.07) is 4.59. The molecule has 15 heavy (non-hydrogen) atoms. The van der Waals surface area contributed by atoms with Crippen molar-refractivity contribution in [3.05, 3.63) is 22.4 Å². The summed E-state index contributed by atoms with van der Waals surface area (Å²) >= 11 is 1.76. The molecule has 0 aromatic carbocycles. The maximum absolute atomic E-state index is 10.3. The molecule has 0 amide bonds. The van der Waals surface area contributed by atoms with Gasteiger partial charge in [0.25, 0.3) is 0 Å². The molecule has 84 valence electrons. The van der Waals surface area contributed by atoms with E-state index in [4.69, 9.17) is 5.11 Å². The van der Waals surface area contributed by atoms with Crippen LogP contribution in [-0.2, 0) is 11.2 Å². The number of carboxylic acid groups (broad SMARTS) is 1. The van der Waals surface area contributed by atoms with Gasteiger partial charge in [0, 0.05) is 17.3 Å².